The van der Waals surface area contributed by atoms with Crippen LogP contribution in [0.4, 0.5) is 10.1 Å². The third-order valence-corrected chi connectivity index (χ3v) is 10.1. The van der Waals surface area contributed by atoms with Gasteiger partial charge in [-0.05, 0) is 57.6 Å². The van der Waals surface area contributed by atoms with E-state index in [1.807, 2.05) is 0 Å². The van der Waals surface area contributed by atoms with Gasteiger partial charge in [-0.3, -0.25) is 9.79 Å². The summed E-state index contributed by atoms with van der Waals surface area (Å²) in [6.45, 7) is 5.31. The Bertz CT molecular complexity index is 1290. The number of pyridine rings is 1. The monoisotopic (exact) mass is 474 g/mol. The first-order valence-electron chi connectivity index (χ1n) is 10.4. The van der Waals surface area contributed by atoms with Gasteiger partial charge in [-0.15, -0.1) is 0 Å². The fourth-order valence-corrected chi connectivity index (χ4v) is 7.73. The molecule has 1 aromatic carbocycles. The summed E-state index contributed by atoms with van der Waals surface area (Å²) in [7, 11) is -1.36. The largest absolute Gasteiger partial charge is 0.495 e. The van der Waals surface area contributed by atoms with Crippen molar-refractivity contribution in [1.82, 2.24) is 4.98 Å². The van der Waals surface area contributed by atoms with Crippen molar-refractivity contribution < 1.29 is 18.1 Å². The van der Waals surface area contributed by atoms with Gasteiger partial charge in [-0.25, -0.2) is 17.9 Å². The van der Waals surface area contributed by atoms with E-state index in [-0.39, 0.29) is 30.1 Å². The minimum absolute atomic E-state index is 0.129. The van der Waals surface area contributed by atoms with Crippen LogP contribution in [0.3, 0.4) is 0 Å². The minimum Gasteiger partial charge on any atom is -0.495 e. The molecule has 0 fully saturated rings. The second-order valence-corrected chi connectivity index (χ2v) is 11.7. The Morgan fingerprint density at radius 2 is 1.97 bits per heavy atom. The smallest absolute Gasteiger partial charge is 0.274 e. The highest BCUT2D eigenvalue weighted by molar-refractivity contribution is 8.01. The van der Waals surface area contributed by atoms with Gasteiger partial charge in [0.05, 0.1) is 23.0 Å². The van der Waals surface area contributed by atoms with Crippen molar-refractivity contribution in [2.24, 2.45) is 20.8 Å². The number of carbonyl (C=O) groups excluding carboxylic acids is 1. The van der Waals surface area contributed by atoms with Crippen LogP contribution in [0.5, 0.6) is 5.75 Å². The molecule has 33 heavy (non-hydrogen) atoms. The molecular formula is C22H27FN6O3S. The van der Waals surface area contributed by atoms with Crippen LogP contribution < -0.4 is 21.5 Å². The maximum absolute atomic E-state index is 15.2. The van der Waals surface area contributed by atoms with Crippen molar-refractivity contribution in [1.29, 1.82) is 0 Å². The van der Waals surface area contributed by atoms with Gasteiger partial charge in [0.2, 0.25) is 0 Å². The molecule has 2 aliphatic heterocycles. The van der Waals surface area contributed by atoms with Crippen LogP contribution in [-0.2, 0) is 15.3 Å². The molecule has 9 nitrogen and oxygen atoms in total. The van der Waals surface area contributed by atoms with Gasteiger partial charge < -0.3 is 21.5 Å². The maximum Gasteiger partial charge on any atom is 0.274 e. The number of nitrogens with one attached hydrogen (secondary N) is 1. The first-order valence-corrected chi connectivity index (χ1v) is 11.9. The number of methoxy groups -OCH3 is 1. The number of benzene rings is 1. The number of nitrogens with zero attached hydrogens (tertiary/aromatic N) is 3. The molecule has 11 heteroatoms. The molecule has 3 heterocycles. The van der Waals surface area contributed by atoms with Crippen LogP contribution >= 0.6 is 0 Å². The van der Waals surface area contributed by atoms with Gasteiger partial charge >= 0.3 is 0 Å². The van der Waals surface area contributed by atoms with Crippen LogP contribution in [0, 0.1) is 5.82 Å². The van der Waals surface area contributed by atoms with Gasteiger partial charge in [0.1, 0.15) is 33.4 Å². The number of carbonyl (C=O) groups is 1. The number of fused-ring (bicyclic) bond motifs is 1. The first-order chi connectivity index (χ1) is 15.5. The lowest BCUT2D eigenvalue weighted by Crippen LogP contribution is -2.58. The normalized spacial score (nSPS) is 29.3. The summed E-state index contributed by atoms with van der Waals surface area (Å²) in [5.74, 6) is -0.402. The number of ether oxygens (including phenoxy) is 1. The molecule has 0 radical (unpaired) electrons. The number of rotatable bonds is 6. The van der Waals surface area contributed by atoms with E-state index in [0.717, 1.165) is 0 Å². The summed E-state index contributed by atoms with van der Waals surface area (Å²) >= 11 is 0. The van der Waals surface area contributed by atoms with E-state index in [1.54, 1.807) is 26.8 Å². The van der Waals surface area contributed by atoms with Crippen LogP contribution in [0.25, 0.3) is 0 Å². The molecule has 0 bridgehead atoms. The lowest BCUT2D eigenvalue weighted by atomic mass is 9.82. The van der Waals surface area contributed by atoms with Crippen molar-refractivity contribution in [2.75, 3.05) is 19.0 Å². The SMILES string of the molecule is COc1ccc(C(=O)Nc2ccc(F)c([C@@]3(C)N=C(N)C(C)(C)S4(=O)=N[C@]34CCN)c2)nc1. The van der Waals surface area contributed by atoms with Crippen molar-refractivity contribution in [3.8, 4) is 5.75 Å². The van der Waals surface area contributed by atoms with E-state index in [2.05, 4.69) is 19.7 Å². The van der Waals surface area contributed by atoms with Crippen molar-refractivity contribution in [3.05, 3.63) is 53.6 Å². The average Bonchev–Trinajstić information content (AvgIpc) is 3.42. The maximum atomic E-state index is 15.2. The molecule has 0 aliphatic carbocycles. The van der Waals surface area contributed by atoms with Crippen LogP contribution in [0.15, 0.2) is 45.9 Å². The molecule has 2 aromatic rings. The summed E-state index contributed by atoms with van der Waals surface area (Å²) in [6, 6.07) is 7.26. The standard InChI is InChI=1S/C22H27FN6O3S/c1-20(2)19(25)28-21(3,22(9-10-24)29-33(20,22)31)15-11-13(5-7-16(15)23)27-18(30)17-8-6-14(32-4)12-26-17/h5-8,11-12H,9-10,24H2,1-4H3,(H2,25,28)(H,27,30)/t21-,22+,33?/m1/s1. The van der Waals surface area contributed by atoms with E-state index in [0.29, 0.717) is 11.4 Å². The number of nitrogens with two attached hydrogens (primary N) is 2. The zero-order valence-electron chi connectivity index (χ0n) is 18.9. The molecule has 5 N–H and O–H groups in total. The third-order valence-electron chi connectivity index (χ3n) is 6.55. The lowest BCUT2D eigenvalue weighted by molar-refractivity contribution is 0.102. The minimum atomic E-state index is -2.86. The number of amides is 1. The van der Waals surface area contributed by atoms with Crippen molar-refractivity contribution >= 4 is 27.2 Å². The number of anilines is 1. The molecule has 3 atom stereocenters. The highest BCUT2D eigenvalue weighted by atomic mass is 32.2. The predicted octanol–water partition coefficient (Wildman–Crippen LogP) is 2.37. The number of aliphatic imine (C=N–C) groups is 1. The van der Waals surface area contributed by atoms with E-state index in [1.165, 1.54) is 37.6 Å². The predicted molar refractivity (Wildman–Crippen MR) is 125 cm³/mol. The molecular weight excluding hydrogens is 447 g/mol. The Hall–Kier alpha value is -3.05. The molecule has 1 amide bonds. The molecule has 0 spiro atoms. The molecule has 4 rings (SSSR count). The van der Waals surface area contributed by atoms with Crippen molar-refractivity contribution in [3.63, 3.8) is 0 Å². The summed E-state index contributed by atoms with van der Waals surface area (Å²) in [6.07, 6.45) is 1.68. The van der Waals surface area contributed by atoms with Gasteiger partial charge in [-0.2, -0.15) is 0 Å². The van der Waals surface area contributed by atoms with E-state index in [4.69, 9.17) is 16.2 Å². The summed E-state index contributed by atoms with van der Waals surface area (Å²) in [4.78, 5) is 20.2. The van der Waals surface area contributed by atoms with Crippen LogP contribution in [0.1, 0.15) is 43.2 Å². The van der Waals surface area contributed by atoms with Crippen LogP contribution in [0.2, 0.25) is 0 Å². The number of hydrogen-bond acceptors (Lipinski definition) is 8. The van der Waals surface area contributed by atoms with E-state index < -0.39 is 36.6 Å². The number of hydrogen-bond donors (Lipinski definition) is 3. The fraction of sp³-hybridized carbons (Fsp3) is 0.409. The van der Waals surface area contributed by atoms with Crippen LogP contribution in [-0.4, -0.2) is 44.2 Å². The Labute approximate surface area is 192 Å². The van der Waals surface area contributed by atoms with E-state index >= 15 is 4.39 Å². The molecule has 2 aliphatic rings. The second kappa shape index (κ2) is 7.49. The zero-order chi connectivity index (χ0) is 24.2. The second-order valence-electron chi connectivity index (χ2n) is 8.75. The Morgan fingerprint density at radius 3 is 2.58 bits per heavy atom. The molecule has 1 aromatic heterocycles. The summed E-state index contributed by atoms with van der Waals surface area (Å²) < 4.78 is 37.6. The lowest BCUT2D eigenvalue weighted by Gasteiger charge is -2.42. The number of aromatic nitrogens is 1. The summed E-state index contributed by atoms with van der Waals surface area (Å²) in [5.41, 5.74) is 11.3. The number of amidine groups is 1. The highest BCUT2D eigenvalue weighted by Gasteiger charge is 2.74. The topological polar surface area (TPSA) is 145 Å². The average molecular weight is 475 g/mol. The Kier molecular flexibility index (Phi) is 5.25. The van der Waals surface area contributed by atoms with Gasteiger partial charge in [-0.1, -0.05) is 0 Å². The molecule has 0 saturated carbocycles. The van der Waals surface area contributed by atoms with E-state index in [9.17, 15) is 9.00 Å². The summed E-state index contributed by atoms with van der Waals surface area (Å²) in [5, 5.41) is 2.71. The van der Waals surface area contributed by atoms with Gasteiger partial charge in [0.25, 0.3) is 5.91 Å². The van der Waals surface area contributed by atoms with Gasteiger partial charge in [0.15, 0.2) is 4.87 Å². The number of halogens is 1. The Balaban J connectivity index is 1.75. The first kappa shape index (κ1) is 23.1. The quantitative estimate of drug-likeness (QED) is 0.586. The van der Waals surface area contributed by atoms with Gasteiger partial charge in [0, 0.05) is 17.7 Å². The fourth-order valence-electron chi connectivity index (χ4n) is 4.39. The zero-order valence-corrected chi connectivity index (χ0v) is 19.7. The molecule has 1 unspecified atom stereocenters. The van der Waals surface area contributed by atoms with Crippen molar-refractivity contribution in [2.45, 2.75) is 42.3 Å². The molecule has 176 valence electrons. The Morgan fingerprint density at radius 1 is 1.24 bits per heavy atom. The molecule has 0 saturated heterocycles. The third kappa shape index (κ3) is 3.13. The highest BCUT2D eigenvalue weighted by Crippen LogP contribution is 2.62.